The number of amides is 1. The lowest BCUT2D eigenvalue weighted by Crippen LogP contribution is -2.43. The van der Waals surface area contributed by atoms with E-state index in [-0.39, 0.29) is 22.6 Å². The van der Waals surface area contributed by atoms with E-state index in [1.807, 2.05) is 0 Å². The minimum absolute atomic E-state index is 0.0352. The number of sulfone groups is 1. The molecule has 8 heteroatoms. The molecule has 1 N–H and O–H groups in total. The Kier molecular flexibility index (Phi) is 5.23. The lowest BCUT2D eigenvalue weighted by molar-refractivity contribution is -0.137. The molecule has 1 aromatic heterocycles. The maximum absolute atomic E-state index is 12.6. The normalized spacial score (nSPS) is 19.1. The summed E-state index contributed by atoms with van der Waals surface area (Å²) in [5.74, 6) is -1.07. The first-order chi connectivity index (χ1) is 10.3. The average molecular weight is 345 g/mol. The number of carboxylic acid groups (broad SMARTS) is 1. The lowest BCUT2D eigenvalue weighted by atomic mass is 9.97. The van der Waals surface area contributed by atoms with Gasteiger partial charge in [0.05, 0.1) is 4.88 Å². The molecular formula is C14H19NO5S2. The van der Waals surface area contributed by atoms with Crippen LogP contribution in [0.1, 0.15) is 41.8 Å². The van der Waals surface area contributed by atoms with Gasteiger partial charge in [0.2, 0.25) is 0 Å². The summed E-state index contributed by atoms with van der Waals surface area (Å²) in [6.07, 6.45) is 4.25. The van der Waals surface area contributed by atoms with Gasteiger partial charge in [0.25, 0.3) is 5.91 Å². The number of thiophene rings is 1. The predicted molar refractivity (Wildman–Crippen MR) is 83.0 cm³/mol. The fraction of sp³-hybridized carbons (Fsp3) is 0.571. The summed E-state index contributed by atoms with van der Waals surface area (Å²) in [6.45, 7) is 0.592. The zero-order valence-electron chi connectivity index (χ0n) is 12.3. The quantitative estimate of drug-likeness (QED) is 0.881. The summed E-state index contributed by atoms with van der Waals surface area (Å²) in [5.41, 5.74) is 0. The van der Waals surface area contributed by atoms with Gasteiger partial charge in [0.1, 0.15) is 4.21 Å². The van der Waals surface area contributed by atoms with Crippen LogP contribution in [0.2, 0.25) is 0 Å². The first-order valence-corrected chi connectivity index (χ1v) is 9.82. The molecule has 1 aliphatic heterocycles. The third kappa shape index (κ3) is 4.07. The molecule has 0 bridgehead atoms. The maximum Gasteiger partial charge on any atom is 0.303 e. The Bertz CT molecular complexity index is 665. The Morgan fingerprint density at radius 1 is 1.36 bits per heavy atom. The monoisotopic (exact) mass is 345 g/mol. The van der Waals surface area contributed by atoms with E-state index >= 15 is 0 Å². The molecule has 1 aliphatic rings. The van der Waals surface area contributed by atoms with E-state index in [2.05, 4.69) is 0 Å². The minimum Gasteiger partial charge on any atom is -0.481 e. The molecule has 0 saturated carbocycles. The summed E-state index contributed by atoms with van der Waals surface area (Å²) in [4.78, 5) is 25.4. The molecule has 2 heterocycles. The van der Waals surface area contributed by atoms with E-state index in [0.29, 0.717) is 17.8 Å². The van der Waals surface area contributed by atoms with Crippen LogP contribution >= 0.6 is 11.3 Å². The van der Waals surface area contributed by atoms with Crippen LogP contribution in [0.3, 0.4) is 0 Å². The molecule has 2 rings (SSSR count). The Morgan fingerprint density at radius 2 is 2.09 bits per heavy atom. The molecule has 0 spiro atoms. The van der Waals surface area contributed by atoms with Crippen molar-refractivity contribution in [1.29, 1.82) is 0 Å². The lowest BCUT2D eigenvalue weighted by Gasteiger charge is -2.35. The second-order valence-electron chi connectivity index (χ2n) is 5.47. The van der Waals surface area contributed by atoms with E-state index in [4.69, 9.17) is 5.11 Å². The SMILES string of the molecule is CS(=O)(=O)c1ccc(C(=O)N2CCCCC2CCC(=O)O)s1. The summed E-state index contributed by atoms with van der Waals surface area (Å²) >= 11 is 0.973. The molecular weight excluding hydrogens is 326 g/mol. The van der Waals surface area contributed by atoms with Gasteiger partial charge in [-0.3, -0.25) is 9.59 Å². The average Bonchev–Trinajstić information content (AvgIpc) is 2.94. The van der Waals surface area contributed by atoms with E-state index < -0.39 is 15.8 Å². The van der Waals surface area contributed by atoms with Gasteiger partial charge < -0.3 is 10.0 Å². The molecule has 1 saturated heterocycles. The van der Waals surface area contributed by atoms with Crippen LogP contribution in [0.25, 0.3) is 0 Å². The molecule has 1 atom stereocenters. The van der Waals surface area contributed by atoms with Crippen molar-refractivity contribution in [2.75, 3.05) is 12.8 Å². The highest BCUT2D eigenvalue weighted by atomic mass is 32.2. The van der Waals surface area contributed by atoms with Crippen LogP contribution in [-0.2, 0) is 14.6 Å². The number of hydrogen-bond acceptors (Lipinski definition) is 5. The second-order valence-corrected chi connectivity index (χ2v) is 8.80. The van der Waals surface area contributed by atoms with Gasteiger partial charge in [0, 0.05) is 25.3 Å². The molecule has 0 aromatic carbocycles. The molecule has 122 valence electrons. The number of nitrogens with zero attached hydrogens (tertiary/aromatic N) is 1. The van der Waals surface area contributed by atoms with Gasteiger partial charge in [-0.2, -0.15) is 0 Å². The van der Waals surface area contributed by atoms with Crippen LogP contribution in [0.5, 0.6) is 0 Å². The fourth-order valence-electron chi connectivity index (χ4n) is 2.63. The molecule has 0 radical (unpaired) electrons. The van der Waals surface area contributed by atoms with Gasteiger partial charge >= 0.3 is 5.97 Å². The predicted octanol–water partition coefficient (Wildman–Crippen LogP) is 2.01. The number of hydrogen-bond donors (Lipinski definition) is 1. The highest BCUT2D eigenvalue weighted by Gasteiger charge is 2.29. The zero-order valence-corrected chi connectivity index (χ0v) is 14.0. The van der Waals surface area contributed by atoms with Crippen molar-refractivity contribution in [3.8, 4) is 0 Å². The third-order valence-electron chi connectivity index (χ3n) is 3.74. The summed E-state index contributed by atoms with van der Waals surface area (Å²) < 4.78 is 23.2. The Labute approximate surface area is 133 Å². The molecule has 1 unspecified atom stereocenters. The Hall–Kier alpha value is -1.41. The molecule has 1 aromatic rings. The van der Waals surface area contributed by atoms with E-state index in [0.717, 1.165) is 36.9 Å². The van der Waals surface area contributed by atoms with Gasteiger partial charge in [0.15, 0.2) is 9.84 Å². The minimum atomic E-state index is -3.31. The number of carbonyl (C=O) groups is 2. The maximum atomic E-state index is 12.6. The van der Waals surface area contributed by atoms with E-state index in [1.54, 1.807) is 4.90 Å². The van der Waals surface area contributed by atoms with Crippen LogP contribution in [-0.4, -0.2) is 49.1 Å². The number of likely N-dealkylation sites (tertiary alicyclic amines) is 1. The summed E-state index contributed by atoms with van der Waals surface area (Å²) in [7, 11) is -3.31. The Morgan fingerprint density at radius 3 is 2.68 bits per heavy atom. The van der Waals surface area contributed by atoms with Crippen molar-refractivity contribution in [3.63, 3.8) is 0 Å². The molecule has 6 nitrogen and oxygen atoms in total. The molecule has 22 heavy (non-hydrogen) atoms. The number of carbonyl (C=O) groups excluding carboxylic acids is 1. The standard InChI is InChI=1S/C14H19NO5S2/c1-22(19,20)13-8-6-11(21-13)14(18)15-9-3-2-4-10(15)5-7-12(16)17/h6,8,10H,2-5,7,9H2,1H3,(H,16,17). The van der Waals surface area contributed by atoms with Gasteiger partial charge in [-0.25, -0.2) is 8.42 Å². The van der Waals surface area contributed by atoms with Crippen LogP contribution in [0.15, 0.2) is 16.3 Å². The van der Waals surface area contributed by atoms with E-state index in [1.165, 1.54) is 12.1 Å². The van der Waals surface area contributed by atoms with Gasteiger partial charge in [-0.05, 0) is 37.8 Å². The van der Waals surface area contributed by atoms with Crippen LogP contribution in [0, 0.1) is 0 Å². The number of carboxylic acids is 1. The number of piperidine rings is 1. The van der Waals surface area contributed by atoms with Crippen LogP contribution < -0.4 is 0 Å². The molecule has 1 fully saturated rings. The number of rotatable bonds is 5. The van der Waals surface area contributed by atoms with Crippen molar-refractivity contribution >= 4 is 33.1 Å². The van der Waals surface area contributed by atoms with Gasteiger partial charge in [-0.15, -0.1) is 11.3 Å². The van der Waals surface area contributed by atoms with E-state index in [9.17, 15) is 18.0 Å². The fourth-order valence-corrected chi connectivity index (χ4v) is 4.52. The third-order valence-corrected chi connectivity index (χ3v) is 6.63. The van der Waals surface area contributed by atoms with Crippen molar-refractivity contribution in [2.45, 2.75) is 42.4 Å². The number of aliphatic carboxylic acids is 1. The van der Waals surface area contributed by atoms with Crippen molar-refractivity contribution < 1.29 is 23.1 Å². The summed E-state index contributed by atoms with van der Waals surface area (Å²) in [5, 5.41) is 8.81. The first-order valence-electron chi connectivity index (χ1n) is 7.11. The topological polar surface area (TPSA) is 91.8 Å². The molecule has 1 amide bonds. The molecule has 0 aliphatic carbocycles. The van der Waals surface area contributed by atoms with Crippen LogP contribution in [0.4, 0.5) is 0 Å². The van der Waals surface area contributed by atoms with Gasteiger partial charge in [-0.1, -0.05) is 0 Å². The van der Waals surface area contributed by atoms with Crippen molar-refractivity contribution in [1.82, 2.24) is 4.90 Å². The largest absolute Gasteiger partial charge is 0.481 e. The highest BCUT2D eigenvalue weighted by Crippen LogP contribution is 2.27. The highest BCUT2D eigenvalue weighted by molar-refractivity contribution is 7.92. The van der Waals surface area contributed by atoms with Crippen molar-refractivity contribution in [2.24, 2.45) is 0 Å². The second kappa shape index (κ2) is 6.78. The summed E-state index contributed by atoms with van der Waals surface area (Å²) in [6, 6.07) is 2.90. The first kappa shape index (κ1) is 17.0. The Balaban J connectivity index is 2.14. The zero-order chi connectivity index (χ0) is 16.3. The smallest absolute Gasteiger partial charge is 0.303 e. The van der Waals surface area contributed by atoms with Crippen molar-refractivity contribution in [3.05, 3.63) is 17.0 Å².